The van der Waals surface area contributed by atoms with Gasteiger partial charge in [-0.05, 0) is 94.9 Å². The van der Waals surface area contributed by atoms with Crippen LogP contribution in [0, 0.1) is 0 Å². The SMILES string of the molecule is c1ccc(-c2c3c(c(-c4ccccc4)c4ccccc24)-c2ccc(-c4ccc(-c5ncc(-c6ccc(-c7cn8ccccc8n7)cc6)cn5)cc4)c4cccc-3c24)cc1. The van der Waals surface area contributed by atoms with Crippen LogP contribution in [0.3, 0.4) is 0 Å². The molecule has 1 aliphatic carbocycles. The molecule has 274 valence electrons. The highest BCUT2D eigenvalue weighted by Crippen LogP contribution is 2.58. The van der Waals surface area contributed by atoms with E-state index in [4.69, 9.17) is 15.0 Å². The number of benzene rings is 8. The van der Waals surface area contributed by atoms with E-state index in [-0.39, 0.29) is 0 Å². The van der Waals surface area contributed by atoms with Gasteiger partial charge in [-0.2, -0.15) is 0 Å². The van der Waals surface area contributed by atoms with E-state index in [1.54, 1.807) is 0 Å². The van der Waals surface area contributed by atoms with Crippen molar-refractivity contribution in [1.82, 2.24) is 19.4 Å². The second-order valence-corrected chi connectivity index (χ2v) is 15.2. The maximum Gasteiger partial charge on any atom is 0.159 e. The minimum atomic E-state index is 0.700. The Morgan fingerprint density at radius 1 is 0.339 bits per heavy atom. The van der Waals surface area contributed by atoms with Gasteiger partial charge in [0.1, 0.15) is 5.65 Å². The molecule has 0 radical (unpaired) electrons. The van der Waals surface area contributed by atoms with Gasteiger partial charge in [-0.25, -0.2) is 15.0 Å². The van der Waals surface area contributed by atoms with E-state index in [0.717, 1.165) is 39.2 Å². The zero-order chi connectivity index (χ0) is 38.9. The number of fused-ring (bicyclic) bond motifs is 5. The summed E-state index contributed by atoms with van der Waals surface area (Å²) in [5, 5.41) is 5.09. The maximum absolute atomic E-state index is 4.80. The number of imidazole rings is 1. The first-order valence-corrected chi connectivity index (χ1v) is 20.0. The molecule has 12 rings (SSSR count). The minimum absolute atomic E-state index is 0.700. The van der Waals surface area contributed by atoms with Crippen LogP contribution in [0.15, 0.2) is 207 Å². The molecular weight excluding hydrogens is 717 g/mol. The summed E-state index contributed by atoms with van der Waals surface area (Å²) >= 11 is 0. The van der Waals surface area contributed by atoms with Crippen LogP contribution in [-0.2, 0) is 0 Å². The van der Waals surface area contributed by atoms with Crippen molar-refractivity contribution in [3.8, 4) is 89.4 Å². The smallest absolute Gasteiger partial charge is 0.159 e. The van der Waals surface area contributed by atoms with Gasteiger partial charge >= 0.3 is 0 Å². The van der Waals surface area contributed by atoms with Gasteiger partial charge in [0.15, 0.2) is 5.82 Å². The lowest BCUT2D eigenvalue weighted by Crippen LogP contribution is -1.93. The first-order chi connectivity index (χ1) is 29.3. The average Bonchev–Trinajstić information content (AvgIpc) is 3.90. The quantitative estimate of drug-likeness (QED) is 0.170. The predicted molar refractivity (Wildman–Crippen MR) is 243 cm³/mol. The molecule has 0 bridgehead atoms. The highest BCUT2D eigenvalue weighted by atomic mass is 15.0. The lowest BCUT2D eigenvalue weighted by atomic mass is 9.82. The molecule has 0 saturated carbocycles. The van der Waals surface area contributed by atoms with Gasteiger partial charge in [-0.3, -0.25) is 0 Å². The molecule has 0 N–H and O–H groups in total. The van der Waals surface area contributed by atoms with Crippen LogP contribution in [-0.4, -0.2) is 19.4 Å². The molecule has 0 fully saturated rings. The number of aromatic nitrogens is 4. The Bertz CT molecular complexity index is 3260. The van der Waals surface area contributed by atoms with Crippen molar-refractivity contribution in [1.29, 1.82) is 0 Å². The fourth-order valence-corrected chi connectivity index (χ4v) is 9.19. The standard InChI is InChI=1S/C55H34N4/c1-3-12-38(13-4-1)50-44-16-7-8-17-45(44)51(39-14-5-2-6-15-39)54-47-30-29-42(43-18-11-19-46(52(43)47)53(50)54)36-23-27-40(28-24-36)55-56-32-41(33-57-55)35-21-25-37(26-22-35)48-34-59-31-10-9-20-49(59)58-48/h1-34H. The van der Waals surface area contributed by atoms with E-state index in [1.165, 1.54) is 71.6 Å². The van der Waals surface area contributed by atoms with Crippen molar-refractivity contribution in [2.45, 2.75) is 0 Å². The van der Waals surface area contributed by atoms with Crippen molar-refractivity contribution >= 4 is 27.2 Å². The van der Waals surface area contributed by atoms with E-state index in [9.17, 15) is 0 Å². The third-order valence-corrected chi connectivity index (χ3v) is 11.9. The van der Waals surface area contributed by atoms with Crippen LogP contribution in [0.25, 0.3) is 117 Å². The van der Waals surface area contributed by atoms with Gasteiger partial charge in [0.05, 0.1) is 5.69 Å². The second kappa shape index (κ2) is 13.3. The Balaban J connectivity index is 0.913. The topological polar surface area (TPSA) is 43.1 Å². The largest absolute Gasteiger partial charge is 0.306 e. The zero-order valence-electron chi connectivity index (χ0n) is 31.9. The van der Waals surface area contributed by atoms with Crippen LogP contribution in [0.5, 0.6) is 0 Å². The summed E-state index contributed by atoms with van der Waals surface area (Å²) in [5.41, 5.74) is 18.6. The molecular formula is C55H34N4. The van der Waals surface area contributed by atoms with E-state index in [0.29, 0.717) is 5.82 Å². The van der Waals surface area contributed by atoms with E-state index in [2.05, 4.69) is 170 Å². The highest BCUT2D eigenvalue weighted by Gasteiger charge is 2.31. The Morgan fingerprint density at radius 3 is 1.54 bits per heavy atom. The summed E-state index contributed by atoms with van der Waals surface area (Å²) in [5.74, 6) is 0.700. The molecule has 0 amide bonds. The van der Waals surface area contributed by atoms with Crippen molar-refractivity contribution in [3.63, 3.8) is 0 Å². The van der Waals surface area contributed by atoms with Crippen molar-refractivity contribution in [3.05, 3.63) is 207 Å². The molecule has 4 heteroatoms. The number of hydrogen-bond acceptors (Lipinski definition) is 3. The third kappa shape index (κ3) is 5.34. The van der Waals surface area contributed by atoms with Crippen LogP contribution < -0.4 is 0 Å². The van der Waals surface area contributed by atoms with Gasteiger partial charge in [0.25, 0.3) is 0 Å². The molecule has 0 aliphatic heterocycles. The first kappa shape index (κ1) is 33.2. The van der Waals surface area contributed by atoms with E-state index >= 15 is 0 Å². The van der Waals surface area contributed by atoms with Crippen molar-refractivity contribution in [2.24, 2.45) is 0 Å². The summed E-state index contributed by atoms with van der Waals surface area (Å²) < 4.78 is 2.04. The maximum atomic E-state index is 4.80. The molecule has 11 aromatic rings. The predicted octanol–water partition coefficient (Wildman–Crippen LogP) is 14.1. The van der Waals surface area contributed by atoms with Crippen molar-refractivity contribution < 1.29 is 0 Å². The van der Waals surface area contributed by atoms with E-state index < -0.39 is 0 Å². The third-order valence-electron chi connectivity index (χ3n) is 11.9. The highest BCUT2D eigenvalue weighted by molar-refractivity contribution is 6.28. The number of hydrogen-bond donors (Lipinski definition) is 0. The molecule has 3 aromatic heterocycles. The summed E-state index contributed by atoms with van der Waals surface area (Å²) in [6, 6.07) is 65.3. The lowest BCUT2D eigenvalue weighted by molar-refractivity contribution is 1.18. The lowest BCUT2D eigenvalue weighted by Gasteiger charge is -2.20. The number of pyridine rings is 1. The fraction of sp³-hybridized carbons (Fsp3) is 0. The molecule has 3 heterocycles. The van der Waals surface area contributed by atoms with E-state index in [1.807, 2.05) is 41.2 Å². The molecule has 4 nitrogen and oxygen atoms in total. The zero-order valence-corrected chi connectivity index (χ0v) is 31.9. The summed E-state index contributed by atoms with van der Waals surface area (Å²) in [6.45, 7) is 0. The number of rotatable bonds is 6. The molecule has 1 aliphatic rings. The fourth-order valence-electron chi connectivity index (χ4n) is 9.19. The monoisotopic (exact) mass is 750 g/mol. The Morgan fingerprint density at radius 2 is 0.881 bits per heavy atom. The molecule has 59 heavy (non-hydrogen) atoms. The van der Waals surface area contributed by atoms with Crippen molar-refractivity contribution in [2.75, 3.05) is 0 Å². The van der Waals surface area contributed by atoms with Gasteiger partial charge in [-0.1, -0.05) is 170 Å². The first-order valence-electron chi connectivity index (χ1n) is 20.0. The van der Waals surface area contributed by atoms with Crippen LogP contribution in [0.2, 0.25) is 0 Å². The normalized spacial score (nSPS) is 11.7. The molecule has 0 spiro atoms. The summed E-state index contributed by atoms with van der Waals surface area (Å²) in [6.07, 6.45) is 7.90. The number of nitrogens with zero attached hydrogens (tertiary/aromatic N) is 4. The van der Waals surface area contributed by atoms with Gasteiger partial charge in [0, 0.05) is 41.5 Å². The Kier molecular flexibility index (Phi) is 7.50. The Labute approximate surface area is 341 Å². The van der Waals surface area contributed by atoms with Gasteiger partial charge < -0.3 is 4.40 Å². The molecule has 0 saturated heterocycles. The van der Waals surface area contributed by atoms with Gasteiger partial charge in [0.2, 0.25) is 0 Å². The van der Waals surface area contributed by atoms with Crippen LogP contribution in [0.4, 0.5) is 0 Å². The average molecular weight is 751 g/mol. The van der Waals surface area contributed by atoms with Crippen LogP contribution >= 0.6 is 0 Å². The minimum Gasteiger partial charge on any atom is -0.306 e. The van der Waals surface area contributed by atoms with Crippen LogP contribution in [0.1, 0.15) is 0 Å². The molecule has 0 unspecified atom stereocenters. The summed E-state index contributed by atoms with van der Waals surface area (Å²) in [4.78, 5) is 14.4. The Hall–Kier alpha value is -7.95. The van der Waals surface area contributed by atoms with Gasteiger partial charge in [-0.15, -0.1) is 0 Å². The molecule has 0 atom stereocenters. The molecule has 8 aromatic carbocycles. The second-order valence-electron chi connectivity index (χ2n) is 15.2. The summed E-state index contributed by atoms with van der Waals surface area (Å²) in [7, 11) is 0.